The molecule has 9 heteroatoms. The van der Waals surface area contributed by atoms with Gasteiger partial charge in [0, 0.05) is 28.1 Å². The van der Waals surface area contributed by atoms with Gasteiger partial charge in [-0.05, 0) is 53.9 Å². The predicted molar refractivity (Wildman–Crippen MR) is 109 cm³/mol. The number of halogens is 5. The van der Waals surface area contributed by atoms with Crippen LogP contribution in [0.5, 0.6) is 0 Å². The van der Waals surface area contributed by atoms with E-state index in [1.807, 2.05) is 0 Å². The minimum absolute atomic E-state index is 0.169. The number of hydrogen-bond donors (Lipinski definition) is 3. The fourth-order valence-electron chi connectivity index (χ4n) is 2.61. The summed E-state index contributed by atoms with van der Waals surface area (Å²) in [5, 5.41) is 15.9. The van der Waals surface area contributed by atoms with E-state index in [0.717, 1.165) is 11.1 Å². The van der Waals surface area contributed by atoms with Gasteiger partial charge in [0.2, 0.25) is 11.5 Å². The van der Waals surface area contributed by atoms with Crippen LogP contribution < -0.4 is 10.6 Å². The van der Waals surface area contributed by atoms with Crippen LogP contribution in [-0.4, -0.2) is 23.7 Å². The van der Waals surface area contributed by atoms with E-state index in [4.69, 9.17) is 0 Å². The van der Waals surface area contributed by atoms with Crippen molar-refractivity contribution in [1.29, 1.82) is 0 Å². The van der Waals surface area contributed by atoms with E-state index in [1.54, 1.807) is 31.2 Å². The molecule has 2 rings (SSSR count). The third-order valence-corrected chi connectivity index (χ3v) is 5.14. The maximum Gasteiger partial charge on any atom is 0.423 e. The van der Waals surface area contributed by atoms with Crippen molar-refractivity contribution in [1.82, 2.24) is 5.32 Å². The number of carbonyl (C=O) groups is 1. The number of nitrogens with one attached hydrogen (secondary N) is 2. The lowest BCUT2D eigenvalue weighted by Crippen LogP contribution is -2.47. The Bertz CT molecular complexity index is 854. The van der Waals surface area contributed by atoms with E-state index >= 15 is 0 Å². The summed E-state index contributed by atoms with van der Waals surface area (Å²) in [5.41, 5.74) is -1.28. The molecule has 4 nitrogen and oxygen atoms in total. The highest BCUT2D eigenvalue weighted by atomic mass is 79.9. The standard InChI is InChI=1S/C19H19Br2F3N2O2/c1-11-5-17(4-3-13(11)9-25-12(2)27)26-10-18(28,19(22,23)24)14-6-15(20)8-16(21)7-14/h3-8,26,28H,9-10H2,1-2H3,(H,25,27)/t18-/m1/s1. The van der Waals surface area contributed by atoms with E-state index in [1.165, 1.54) is 19.1 Å². The average Bonchev–Trinajstić information content (AvgIpc) is 2.56. The monoisotopic (exact) mass is 522 g/mol. The van der Waals surface area contributed by atoms with Gasteiger partial charge >= 0.3 is 6.18 Å². The zero-order valence-electron chi connectivity index (χ0n) is 15.1. The van der Waals surface area contributed by atoms with Gasteiger partial charge in [-0.1, -0.05) is 37.9 Å². The highest BCUT2D eigenvalue weighted by Crippen LogP contribution is 2.41. The van der Waals surface area contributed by atoms with Gasteiger partial charge in [-0.3, -0.25) is 4.79 Å². The molecule has 28 heavy (non-hydrogen) atoms. The average molecular weight is 524 g/mol. The number of carbonyl (C=O) groups excluding carboxylic acids is 1. The first kappa shape index (κ1) is 22.7. The Hall–Kier alpha value is -1.58. The fraction of sp³-hybridized carbons (Fsp3) is 0.316. The van der Waals surface area contributed by atoms with Crippen LogP contribution in [0.2, 0.25) is 0 Å². The molecule has 3 N–H and O–H groups in total. The van der Waals surface area contributed by atoms with Crippen molar-refractivity contribution in [3.05, 3.63) is 62.0 Å². The molecule has 0 aromatic heterocycles. The molecule has 0 aliphatic rings. The van der Waals surface area contributed by atoms with Crippen LogP contribution in [0.1, 0.15) is 23.6 Å². The van der Waals surface area contributed by atoms with Gasteiger partial charge in [0.15, 0.2) is 0 Å². The first-order chi connectivity index (χ1) is 12.9. The molecule has 0 aliphatic heterocycles. The number of amides is 1. The number of rotatable bonds is 6. The van der Waals surface area contributed by atoms with Crippen molar-refractivity contribution in [2.45, 2.75) is 32.2 Å². The van der Waals surface area contributed by atoms with Crippen molar-refractivity contribution >= 4 is 43.5 Å². The Morgan fingerprint density at radius 2 is 1.71 bits per heavy atom. The number of hydrogen-bond acceptors (Lipinski definition) is 3. The number of anilines is 1. The summed E-state index contributed by atoms with van der Waals surface area (Å²) < 4.78 is 42.0. The molecular formula is C19H19Br2F3N2O2. The SMILES string of the molecule is CC(=O)NCc1ccc(NC[C@@](O)(c2cc(Br)cc(Br)c2)C(F)(F)F)cc1C. The van der Waals surface area contributed by atoms with Crippen molar-refractivity contribution in [2.24, 2.45) is 0 Å². The number of aliphatic hydroxyl groups is 1. The third kappa shape index (κ3) is 5.48. The smallest absolute Gasteiger partial charge is 0.381 e. The molecule has 1 amide bonds. The number of benzene rings is 2. The molecular weight excluding hydrogens is 505 g/mol. The summed E-state index contributed by atoms with van der Waals surface area (Å²) in [4.78, 5) is 11.0. The lowest BCUT2D eigenvalue weighted by Gasteiger charge is -2.32. The Morgan fingerprint density at radius 1 is 1.11 bits per heavy atom. The van der Waals surface area contributed by atoms with E-state index in [9.17, 15) is 23.1 Å². The molecule has 0 fully saturated rings. The lowest BCUT2D eigenvalue weighted by atomic mass is 9.92. The van der Waals surface area contributed by atoms with Crippen molar-refractivity contribution in [2.75, 3.05) is 11.9 Å². The van der Waals surface area contributed by atoms with E-state index in [2.05, 4.69) is 42.5 Å². The first-order valence-electron chi connectivity index (χ1n) is 8.26. The van der Waals surface area contributed by atoms with Crippen LogP contribution in [0.25, 0.3) is 0 Å². The Balaban J connectivity index is 2.25. The highest BCUT2D eigenvalue weighted by molar-refractivity contribution is 9.11. The predicted octanol–water partition coefficient (Wildman–Crippen LogP) is 5.02. The van der Waals surface area contributed by atoms with Crippen LogP contribution >= 0.6 is 31.9 Å². The summed E-state index contributed by atoms with van der Waals surface area (Å²) >= 11 is 6.30. The minimum Gasteiger partial charge on any atom is -0.381 e. The normalized spacial score (nSPS) is 13.7. The van der Waals surface area contributed by atoms with Crippen LogP contribution in [0.4, 0.5) is 18.9 Å². The topological polar surface area (TPSA) is 61.4 Å². The fourth-order valence-corrected chi connectivity index (χ4v) is 3.91. The van der Waals surface area contributed by atoms with E-state index < -0.39 is 18.3 Å². The largest absolute Gasteiger partial charge is 0.423 e. The van der Waals surface area contributed by atoms with E-state index in [0.29, 0.717) is 21.2 Å². The van der Waals surface area contributed by atoms with E-state index in [-0.39, 0.29) is 11.5 Å². The summed E-state index contributed by atoms with van der Waals surface area (Å²) in [6, 6.07) is 9.06. The second-order valence-electron chi connectivity index (χ2n) is 6.42. The lowest BCUT2D eigenvalue weighted by molar-refractivity contribution is -0.260. The second kappa shape index (κ2) is 8.84. The van der Waals surface area contributed by atoms with Crippen LogP contribution in [0, 0.1) is 6.92 Å². The van der Waals surface area contributed by atoms with Crippen molar-refractivity contribution < 1.29 is 23.1 Å². The molecule has 0 saturated carbocycles. The van der Waals surface area contributed by atoms with Gasteiger partial charge in [-0.25, -0.2) is 0 Å². The Kier molecular flexibility index (Phi) is 7.17. The maximum atomic E-state index is 13.7. The second-order valence-corrected chi connectivity index (χ2v) is 8.25. The van der Waals surface area contributed by atoms with Crippen LogP contribution in [0.3, 0.4) is 0 Å². The molecule has 0 unspecified atom stereocenters. The molecule has 0 bridgehead atoms. The van der Waals surface area contributed by atoms with Gasteiger partial charge in [0.25, 0.3) is 0 Å². The molecule has 0 saturated heterocycles. The zero-order chi connectivity index (χ0) is 21.1. The number of alkyl halides is 3. The first-order valence-corrected chi connectivity index (χ1v) is 9.84. The highest BCUT2D eigenvalue weighted by Gasteiger charge is 2.55. The van der Waals surface area contributed by atoms with Crippen molar-refractivity contribution in [3.63, 3.8) is 0 Å². The maximum absolute atomic E-state index is 13.7. The number of aryl methyl sites for hydroxylation is 1. The minimum atomic E-state index is -4.89. The summed E-state index contributed by atoms with van der Waals surface area (Å²) in [6.07, 6.45) is -4.89. The van der Waals surface area contributed by atoms with Crippen LogP contribution in [-0.2, 0) is 16.9 Å². The Labute approximate surface area is 177 Å². The molecule has 1 atom stereocenters. The van der Waals surface area contributed by atoms with Gasteiger partial charge in [-0.2, -0.15) is 13.2 Å². The zero-order valence-corrected chi connectivity index (χ0v) is 18.3. The molecule has 152 valence electrons. The summed E-state index contributed by atoms with van der Waals surface area (Å²) in [7, 11) is 0. The molecule has 2 aromatic rings. The van der Waals surface area contributed by atoms with Gasteiger partial charge in [0.05, 0.1) is 6.54 Å². The quantitative estimate of drug-likeness (QED) is 0.498. The molecule has 0 radical (unpaired) electrons. The van der Waals surface area contributed by atoms with Gasteiger partial charge in [0.1, 0.15) is 0 Å². The molecule has 0 heterocycles. The van der Waals surface area contributed by atoms with Crippen LogP contribution in [0.15, 0.2) is 45.3 Å². The van der Waals surface area contributed by atoms with Gasteiger partial charge in [-0.15, -0.1) is 0 Å². The van der Waals surface area contributed by atoms with Crippen molar-refractivity contribution in [3.8, 4) is 0 Å². The van der Waals surface area contributed by atoms with Gasteiger partial charge < -0.3 is 15.7 Å². The third-order valence-electron chi connectivity index (χ3n) is 4.23. The molecule has 0 spiro atoms. The summed E-state index contributed by atoms with van der Waals surface area (Å²) in [6.45, 7) is 2.77. The Morgan fingerprint density at radius 3 is 2.21 bits per heavy atom. The molecule has 2 aromatic carbocycles. The molecule has 0 aliphatic carbocycles. The summed E-state index contributed by atoms with van der Waals surface area (Å²) in [5.74, 6) is -0.169.